The summed E-state index contributed by atoms with van der Waals surface area (Å²) in [7, 11) is 0. The second kappa shape index (κ2) is 5.73. The van der Waals surface area contributed by atoms with E-state index < -0.39 is 0 Å². The second-order valence-electron chi connectivity index (χ2n) is 4.54. The van der Waals surface area contributed by atoms with Crippen LogP contribution in [-0.2, 0) is 0 Å². The minimum Gasteiger partial charge on any atom is -0.504 e. The van der Waals surface area contributed by atoms with Gasteiger partial charge in [-0.3, -0.25) is 4.79 Å². The smallest absolute Gasteiger partial charge is 0.251 e. The number of phenols is 2. The molecule has 1 amide bonds. The maximum atomic E-state index is 11.8. The lowest BCUT2D eigenvalue weighted by atomic mass is 10.1. The Labute approximate surface area is 106 Å². The van der Waals surface area contributed by atoms with Crippen LogP contribution in [0.15, 0.2) is 18.2 Å². The highest BCUT2D eigenvalue weighted by Gasteiger charge is 2.14. The standard InChI is InChI=1S/C13H18N2O3/c16-11-4-3-9(8-12(11)17)13(18)15-7-5-10-2-1-6-14-10/h3-4,8,10,14,16-17H,1-2,5-7H2,(H,15,18)/t10-/m1/s1. The highest BCUT2D eigenvalue weighted by molar-refractivity contribution is 5.94. The maximum absolute atomic E-state index is 11.8. The Balaban J connectivity index is 1.81. The van der Waals surface area contributed by atoms with Gasteiger partial charge in [0.15, 0.2) is 11.5 Å². The van der Waals surface area contributed by atoms with Crippen molar-refractivity contribution < 1.29 is 15.0 Å². The van der Waals surface area contributed by atoms with E-state index in [4.69, 9.17) is 5.11 Å². The Kier molecular flexibility index (Phi) is 4.04. The summed E-state index contributed by atoms with van der Waals surface area (Å²) < 4.78 is 0. The fourth-order valence-electron chi connectivity index (χ4n) is 2.13. The average molecular weight is 250 g/mol. The fourth-order valence-corrected chi connectivity index (χ4v) is 2.13. The van der Waals surface area contributed by atoms with E-state index in [1.165, 1.54) is 24.6 Å². The van der Waals surface area contributed by atoms with Gasteiger partial charge >= 0.3 is 0 Å². The van der Waals surface area contributed by atoms with E-state index in [1.54, 1.807) is 0 Å². The van der Waals surface area contributed by atoms with Crippen LogP contribution in [-0.4, -0.2) is 35.3 Å². The number of amides is 1. The highest BCUT2D eigenvalue weighted by atomic mass is 16.3. The molecule has 1 fully saturated rings. The van der Waals surface area contributed by atoms with Crippen LogP contribution in [0.3, 0.4) is 0 Å². The van der Waals surface area contributed by atoms with Gasteiger partial charge in [0, 0.05) is 18.2 Å². The lowest BCUT2D eigenvalue weighted by molar-refractivity contribution is 0.0952. The molecule has 4 N–H and O–H groups in total. The van der Waals surface area contributed by atoms with Gasteiger partial charge in [0.2, 0.25) is 0 Å². The SMILES string of the molecule is O=C(NCC[C@H]1CCCN1)c1ccc(O)c(O)c1. The van der Waals surface area contributed by atoms with E-state index in [1.807, 2.05) is 0 Å². The molecule has 0 saturated carbocycles. The summed E-state index contributed by atoms with van der Waals surface area (Å²) in [6, 6.07) is 4.55. The summed E-state index contributed by atoms with van der Waals surface area (Å²) in [5.41, 5.74) is 0.352. The van der Waals surface area contributed by atoms with Crippen molar-refractivity contribution >= 4 is 5.91 Å². The molecule has 5 heteroatoms. The number of nitrogens with one attached hydrogen (secondary N) is 2. The van der Waals surface area contributed by atoms with Gasteiger partial charge in [-0.25, -0.2) is 0 Å². The minimum absolute atomic E-state index is 0.221. The first kappa shape index (κ1) is 12.7. The van der Waals surface area contributed by atoms with Gasteiger partial charge in [-0.05, 0) is 44.0 Å². The van der Waals surface area contributed by atoms with E-state index >= 15 is 0 Å². The molecule has 1 aliphatic rings. The summed E-state index contributed by atoms with van der Waals surface area (Å²) >= 11 is 0. The van der Waals surface area contributed by atoms with Crippen molar-refractivity contribution in [1.82, 2.24) is 10.6 Å². The zero-order valence-corrected chi connectivity index (χ0v) is 10.1. The van der Waals surface area contributed by atoms with Gasteiger partial charge in [-0.1, -0.05) is 0 Å². The Hall–Kier alpha value is -1.75. The Bertz CT molecular complexity index is 428. The third kappa shape index (κ3) is 3.13. The van der Waals surface area contributed by atoms with Gasteiger partial charge in [0.1, 0.15) is 0 Å². The van der Waals surface area contributed by atoms with Crippen molar-refractivity contribution in [3.63, 3.8) is 0 Å². The molecule has 1 aromatic rings. The predicted molar refractivity (Wildman–Crippen MR) is 67.7 cm³/mol. The van der Waals surface area contributed by atoms with Crippen LogP contribution < -0.4 is 10.6 Å². The summed E-state index contributed by atoms with van der Waals surface area (Å²) in [5, 5.41) is 24.6. The topological polar surface area (TPSA) is 81.6 Å². The number of rotatable bonds is 4. The van der Waals surface area contributed by atoms with Crippen LogP contribution in [0.4, 0.5) is 0 Å². The van der Waals surface area contributed by atoms with Crippen LogP contribution >= 0.6 is 0 Å². The zero-order chi connectivity index (χ0) is 13.0. The van der Waals surface area contributed by atoms with Crippen molar-refractivity contribution in [3.8, 4) is 11.5 Å². The lowest BCUT2D eigenvalue weighted by Crippen LogP contribution is -2.30. The number of hydrogen-bond donors (Lipinski definition) is 4. The van der Waals surface area contributed by atoms with Crippen LogP contribution in [0.2, 0.25) is 0 Å². The highest BCUT2D eigenvalue weighted by Crippen LogP contribution is 2.24. The largest absolute Gasteiger partial charge is 0.504 e. The number of carbonyl (C=O) groups is 1. The van der Waals surface area contributed by atoms with E-state index in [2.05, 4.69) is 10.6 Å². The first-order valence-corrected chi connectivity index (χ1v) is 6.20. The molecule has 5 nitrogen and oxygen atoms in total. The summed E-state index contributed by atoms with van der Waals surface area (Å²) in [5.74, 6) is -0.731. The van der Waals surface area contributed by atoms with Gasteiger partial charge in [-0.15, -0.1) is 0 Å². The zero-order valence-electron chi connectivity index (χ0n) is 10.1. The Morgan fingerprint density at radius 1 is 1.39 bits per heavy atom. The molecule has 0 spiro atoms. The van der Waals surface area contributed by atoms with Crippen molar-refractivity contribution in [2.24, 2.45) is 0 Å². The molecule has 0 aliphatic carbocycles. The molecule has 1 aliphatic heterocycles. The molecule has 0 bridgehead atoms. The van der Waals surface area contributed by atoms with Crippen LogP contribution in [0, 0.1) is 0 Å². The Morgan fingerprint density at radius 3 is 2.89 bits per heavy atom. The molecule has 1 heterocycles. The van der Waals surface area contributed by atoms with Gasteiger partial charge in [-0.2, -0.15) is 0 Å². The molecular weight excluding hydrogens is 232 g/mol. The van der Waals surface area contributed by atoms with E-state index in [0.717, 1.165) is 19.4 Å². The normalized spacial score (nSPS) is 18.8. The van der Waals surface area contributed by atoms with Crippen molar-refractivity contribution in [1.29, 1.82) is 0 Å². The monoisotopic (exact) mass is 250 g/mol. The number of carbonyl (C=O) groups excluding carboxylic acids is 1. The molecule has 0 aromatic heterocycles. The minimum atomic E-state index is -0.278. The van der Waals surface area contributed by atoms with E-state index in [9.17, 15) is 9.90 Å². The van der Waals surface area contributed by atoms with Crippen molar-refractivity contribution in [2.75, 3.05) is 13.1 Å². The summed E-state index contributed by atoms with van der Waals surface area (Å²) in [6.45, 7) is 1.67. The number of phenolic OH excluding ortho intramolecular Hbond substituents is 2. The second-order valence-corrected chi connectivity index (χ2v) is 4.54. The molecule has 2 rings (SSSR count). The van der Waals surface area contributed by atoms with E-state index in [0.29, 0.717) is 18.2 Å². The van der Waals surface area contributed by atoms with Crippen LogP contribution in [0.25, 0.3) is 0 Å². The van der Waals surface area contributed by atoms with Gasteiger partial charge in [0.05, 0.1) is 0 Å². The molecule has 18 heavy (non-hydrogen) atoms. The van der Waals surface area contributed by atoms with Crippen molar-refractivity contribution in [2.45, 2.75) is 25.3 Å². The average Bonchev–Trinajstić information content (AvgIpc) is 2.85. The van der Waals surface area contributed by atoms with E-state index in [-0.39, 0.29) is 17.4 Å². The molecular formula is C13H18N2O3. The third-order valence-electron chi connectivity index (χ3n) is 3.18. The molecule has 1 aromatic carbocycles. The molecule has 0 unspecified atom stereocenters. The Morgan fingerprint density at radius 2 is 2.22 bits per heavy atom. The summed E-state index contributed by atoms with van der Waals surface area (Å²) in [4.78, 5) is 11.8. The van der Waals surface area contributed by atoms with Crippen LogP contribution in [0.5, 0.6) is 11.5 Å². The van der Waals surface area contributed by atoms with Gasteiger partial charge < -0.3 is 20.8 Å². The fraction of sp³-hybridized carbons (Fsp3) is 0.462. The predicted octanol–water partition coefficient (Wildman–Crippen LogP) is 0.970. The third-order valence-corrected chi connectivity index (χ3v) is 3.18. The first-order chi connectivity index (χ1) is 8.66. The first-order valence-electron chi connectivity index (χ1n) is 6.20. The lowest BCUT2D eigenvalue weighted by Gasteiger charge is -2.11. The maximum Gasteiger partial charge on any atom is 0.251 e. The molecule has 0 radical (unpaired) electrons. The molecule has 98 valence electrons. The quantitative estimate of drug-likeness (QED) is 0.600. The van der Waals surface area contributed by atoms with Crippen LogP contribution in [0.1, 0.15) is 29.6 Å². The number of hydrogen-bond acceptors (Lipinski definition) is 4. The van der Waals surface area contributed by atoms with Gasteiger partial charge in [0.25, 0.3) is 5.91 Å². The molecule has 1 saturated heterocycles. The van der Waals surface area contributed by atoms with Crippen molar-refractivity contribution in [3.05, 3.63) is 23.8 Å². The number of aromatic hydroxyl groups is 2. The summed E-state index contributed by atoms with van der Waals surface area (Å²) in [6.07, 6.45) is 3.27. The number of benzene rings is 1. The molecule has 1 atom stereocenters.